The first kappa shape index (κ1) is 14.3. The van der Waals surface area contributed by atoms with E-state index in [-0.39, 0.29) is 11.5 Å². The van der Waals surface area contributed by atoms with E-state index in [4.69, 9.17) is 11.6 Å². The second-order valence-electron chi connectivity index (χ2n) is 8.54. The molecule has 122 valence electrons. The Balaban J connectivity index is 1.36. The number of nitrogens with one attached hydrogen (secondary N) is 1. The smallest absolute Gasteiger partial charge is 0.224 e. The molecule has 5 aliphatic carbocycles. The van der Waals surface area contributed by atoms with E-state index < -0.39 is 0 Å². The van der Waals surface area contributed by atoms with Gasteiger partial charge in [0.15, 0.2) is 0 Å². The van der Waals surface area contributed by atoms with Crippen LogP contribution in [0.3, 0.4) is 0 Å². The summed E-state index contributed by atoms with van der Waals surface area (Å²) in [6, 6.07) is 8.02. The Bertz CT molecular complexity index is 623. The average Bonchev–Trinajstić information content (AvgIpc) is 3.27. The monoisotopic (exact) mass is 329 g/mol. The van der Waals surface area contributed by atoms with Gasteiger partial charge in [-0.2, -0.15) is 0 Å². The van der Waals surface area contributed by atoms with Gasteiger partial charge >= 0.3 is 0 Å². The maximum absolute atomic E-state index is 13.1. The van der Waals surface area contributed by atoms with Gasteiger partial charge in [-0.25, -0.2) is 0 Å². The number of carbonyl (C=O) groups is 1. The minimum Gasteiger partial charge on any atom is -0.346 e. The van der Waals surface area contributed by atoms with Crippen LogP contribution in [-0.4, -0.2) is 5.91 Å². The summed E-state index contributed by atoms with van der Waals surface area (Å²) in [5.41, 5.74) is 1.05. The van der Waals surface area contributed by atoms with Gasteiger partial charge in [-0.15, -0.1) is 0 Å². The molecule has 5 aliphatic rings. The molecule has 0 aromatic heterocycles. The standard InChI is InChI=1S/C20H24ClNO/c21-17-3-1-2-16(11-17)20(4-5-20)22-19(23)18-14-7-12-6-13(9-14)10-15(18)8-12/h1-3,11-15,18H,4-10H2,(H,22,23). The summed E-state index contributed by atoms with van der Waals surface area (Å²) in [6.45, 7) is 0. The summed E-state index contributed by atoms with van der Waals surface area (Å²) in [7, 11) is 0. The fourth-order valence-electron chi connectivity index (χ4n) is 6.07. The normalized spacial score (nSPS) is 39.3. The highest BCUT2D eigenvalue weighted by atomic mass is 35.5. The van der Waals surface area contributed by atoms with Gasteiger partial charge in [-0.3, -0.25) is 4.79 Å². The molecule has 6 rings (SSSR count). The zero-order valence-electron chi connectivity index (χ0n) is 13.4. The Hall–Kier alpha value is -1.02. The molecule has 23 heavy (non-hydrogen) atoms. The van der Waals surface area contributed by atoms with Crippen molar-refractivity contribution in [2.45, 2.75) is 50.5 Å². The topological polar surface area (TPSA) is 29.1 Å². The molecule has 0 saturated heterocycles. The molecule has 3 heteroatoms. The second kappa shape index (κ2) is 4.99. The van der Waals surface area contributed by atoms with E-state index in [1.165, 1.54) is 37.7 Å². The predicted molar refractivity (Wildman–Crippen MR) is 91.0 cm³/mol. The van der Waals surface area contributed by atoms with Crippen molar-refractivity contribution in [1.82, 2.24) is 5.32 Å². The largest absolute Gasteiger partial charge is 0.346 e. The molecule has 0 unspecified atom stereocenters. The van der Waals surface area contributed by atoms with E-state index in [9.17, 15) is 4.79 Å². The Morgan fingerprint density at radius 2 is 1.70 bits per heavy atom. The zero-order chi connectivity index (χ0) is 15.6. The molecule has 5 saturated carbocycles. The summed E-state index contributed by atoms with van der Waals surface area (Å²) in [4.78, 5) is 13.1. The summed E-state index contributed by atoms with van der Waals surface area (Å²) in [6.07, 6.45) is 8.74. The molecule has 2 nitrogen and oxygen atoms in total. The van der Waals surface area contributed by atoms with Crippen LogP contribution in [0.25, 0.3) is 0 Å². The number of hydrogen-bond acceptors (Lipinski definition) is 1. The minimum absolute atomic E-state index is 0.128. The summed E-state index contributed by atoms with van der Waals surface area (Å²) < 4.78 is 0. The Kier molecular flexibility index (Phi) is 3.11. The van der Waals surface area contributed by atoms with Crippen molar-refractivity contribution in [3.63, 3.8) is 0 Å². The lowest BCUT2D eigenvalue weighted by Gasteiger charge is -2.53. The zero-order valence-corrected chi connectivity index (χ0v) is 14.2. The van der Waals surface area contributed by atoms with Crippen molar-refractivity contribution in [3.05, 3.63) is 34.9 Å². The third-order valence-electron chi connectivity index (χ3n) is 7.02. The number of benzene rings is 1. The van der Waals surface area contributed by atoms with Crippen LogP contribution >= 0.6 is 11.6 Å². The van der Waals surface area contributed by atoms with Gasteiger partial charge in [-0.05, 0) is 86.3 Å². The van der Waals surface area contributed by atoms with Gasteiger partial charge < -0.3 is 5.32 Å². The van der Waals surface area contributed by atoms with Gasteiger partial charge in [0.2, 0.25) is 5.91 Å². The van der Waals surface area contributed by atoms with Gasteiger partial charge in [-0.1, -0.05) is 23.7 Å². The third kappa shape index (κ3) is 2.33. The maximum atomic E-state index is 13.1. The lowest BCUT2D eigenvalue weighted by atomic mass is 9.51. The molecular formula is C20H24ClNO. The quantitative estimate of drug-likeness (QED) is 0.868. The Morgan fingerprint density at radius 1 is 1.04 bits per heavy atom. The Labute approximate surface area is 143 Å². The lowest BCUT2D eigenvalue weighted by molar-refractivity contribution is -0.139. The molecule has 0 heterocycles. The van der Waals surface area contributed by atoms with E-state index in [1.807, 2.05) is 18.2 Å². The first-order chi connectivity index (χ1) is 11.1. The lowest BCUT2D eigenvalue weighted by Crippen LogP contribution is -2.52. The molecular weight excluding hydrogens is 306 g/mol. The van der Waals surface area contributed by atoms with E-state index in [0.29, 0.717) is 17.7 Å². The number of rotatable bonds is 3. The van der Waals surface area contributed by atoms with Crippen LogP contribution in [-0.2, 0) is 10.3 Å². The number of halogens is 1. The fraction of sp³-hybridized carbons (Fsp3) is 0.650. The number of amides is 1. The van der Waals surface area contributed by atoms with Gasteiger partial charge in [0.05, 0.1) is 5.54 Å². The predicted octanol–water partition coefficient (Wildman–Crippen LogP) is 4.52. The number of hydrogen-bond donors (Lipinski definition) is 1. The van der Waals surface area contributed by atoms with Crippen molar-refractivity contribution < 1.29 is 4.79 Å². The fourth-order valence-corrected chi connectivity index (χ4v) is 6.26. The highest BCUT2D eigenvalue weighted by Gasteiger charge is 2.53. The molecule has 0 aliphatic heterocycles. The van der Waals surface area contributed by atoms with Crippen molar-refractivity contribution in [2.24, 2.45) is 29.6 Å². The van der Waals surface area contributed by atoms with Crippen LogP contribution < -0.4 is 5.32 Å². The SMILES string of the molecule is O=C(NC1(c2cccc(Cl)c2)CC1)C1C2CC3CC(C2)CC1C3. The van der Waals surface area contributed by atoms with Crippen LogP contribution in [0, 0.1) is 29.6 Å². The molecule has 0 radical (unpaired) electrons. The van der Waals surface area contributed by atoms with Crippen LogP contribution in [0.4, 0.5) is 0 Å². The van der Waals surface area contributed by atoms with Crippen molar-refractivity contribution in [2.75, 3.05) is 0 Å². The van der Waals surface area contributed by atoms with Gasteiger partial charge in [0, 0.05) is 10.9 Å². The van der Waals surface area contributed by atoms with Crippen LogP contribution in [0.2, 0.25) is 5.02 Å². The molecule has 1 amide bonds. The minimum atomic E-state index is -0.128. The van der Waals surface area contributed by atoms with Crippen molar-refractivity contribution >= 4 is 17.5 Å². The number of carbonyl (C=O) groups excluding carboxylic acids is 1. The van der Waals surface area contributed by atoms with E-state index in [2.05, 4.69) is 11.4 Å². The maximum Gasteiger partial charge on any atom is 0.224 e. The highest BCUT2D eigenvalue weighted by molar-refractivity contribution is 6.30. The van der Waals surface area contributed by atoms with Crippen molar-refractivity contribution in [3.8, 4) is 0 Å². The molecule has 5 fully saturated rings. The summed E-state index contributed by atoms with van der Waals surface area (Å²) in [5, 5.41) is 4.20. The van der Waals surface area contributed by atoms with E-state index >= 15 is 0 Å². The molecule has 0 spiro atoms. The van der Waals surface area contributed by atoms with Crippen LogP contribution in [0.5, 0.6) is 0 Å². The highest BCUT2D eigenvalue weighted by Crippen LogP contribution is 2.57. The molecule has 1 aromatic rings. The molecule has 1 N–H and O–H groups in total. The molecule has 4 bridgehead atoms. The third-order valence-corrected chi connectivity index (χ3v) is 7.25. The summed E-state index contributed by atoms with van der Waals surface area (Å²) >= 11 is 6.15. The van der Waals surface area contributed by atoms with Gasteiger partial charge in [0.1, 0.15) is 0 Å². The average molecular weight is 330 g/mol. The molecule has 0 atom stereocenters. The molecule has 1 aromatic carbocycles. The summed E-state index contributed by atoms with van der Waals surface area (Å²) in [5.74, 6) is 3.76. The first-order valence-corrected chi connectivity index (χ1v) is 9.59. The van der Waals surface area contributed by atoms with Crippen molar-refractivity contribution in [1.29, 1.82) is 0 Å². The van der Waals surface area contributed by atoms with Gasteiger partial charge in [0.25, 0.3) is 0 Å². The van der Waals surface area contributed by atoms with E-state index in [0.717, 1.165) is 29.7 Å². The van der Waals surface area contributed by atoms with Crippen LogP contribution in [0.15, 0.2) is 24.3 Å². The Morgan fingerprint density at radius 3 is 2.26 bits per heavy atom. The second-order valence-corrected chi connectivity index (χ2v) is 8.97. The van der Waals surface area contributed by atoms with E-state index in [1.54, 1.807) is 0 Å². The first-order valence-electron chi connectivity index (χ1n) is 9.21. The van der Waals surface area contributed by atoms with Crippen LogP contribution in [0.1, 0.15) is 50.5 Å².